The average Bonchev–Trinajstić information content (AvgIpc) is 1.50. The number of aliphatic hydroxyl groups excluding tert-OH is 1. The van der Waals surface area contributed by atoms with Crippen molar-refractivity contribution in [3.63, 3.8) is 0 Å². The molecule has 0 aliphatic rings. The standard InChI is InChI=1S/C4H10O.C4H10.C3H8O/c1-4(2,3)5;1-4(2)3;1-3(2)4/h5H,1-3H3;4H,1-3H3;3-4H,1-2H3. The lowest BCUT2D eigenvalue weighted by molar-refractivity contribution is 0.102. The van der Waals surface area contributed by atoms with Crippen LogP contribution in [-0.4, -0.2) is 21.9 Å². The Kier molecular flexibility index (Phi) is 14.4. The van der Waals surface area contributed by atoms with E-state index in [4.69, 9.17) is 10.2 Å². The Morgan fingerprint density at radius 1 is 0.846 bits per heavy atom. The van der Waals surface area contributed by atoms with Crippen LogP contribution in [0.4, 0.5) is 0 Å². The molecule has 2 heteroatoms. The quantitative estimate of drug-likeness (QED) is 0.619. The van der Waals surface area contributed by atoms with E-state index in [1.54, 1.807) is 34.6 Å². The van der Waals surface area contributed by atoms with E-state index in [-0.39, 0.29) is 6.10 Å². The molecule has 0 atom stereocenters. The molecule has 0 aromatic carbocycles. The molecule has 0 rings (SSSR count). The van der Waals surface area contributed by atoms with Gasteiger partial charge in [0.05, 0.1) is 5.60 Å². The molecule has 0 aliphatic carbocycles. The largest absolute Gasteiger partial charge is 0.394 e. The zero-order valence-electron chi connectivity index (χ0n) is 10.5. The van der Waals surface area contributed by atoms with Crippen LogP contribution in [0.3, 0.4) is 0 Å². The van der Waals surface area contributed by atoms with E-state index in [1.165, 1.54) is 0 Å². The van der Waals surface area contributed by atoms with Crippen molar-refractivity contribution in [2.24, 2.45) is 5.92 Å². The van der Waals surface area contributed by atoms with Crippen LogP contribution in [-0.2, 0) is 0 Å². The minimum atomic E-state index is -0.500. The van der Waals surface area contributed by atoms with Crippen molar-refractivity contribution < 1.29 is 10.2 Å². The molecule has 0 unspecified atom stereocenters. The topological polar surface area (TPSA) is 40.5 Å². The van der Waals surface area contributed by atoms with E-state index < -0.39 is 5.60 Å². The molecular weight excluding hydrogens is 164 g/mol. The summed E-state index contributed by atoms with van der Waals surface area (Å²) in [6, 6.07) is 0. The fraction of sp³-hybridized carbons (Fsp3) is 1.00. The van der Waals surface area contributed by atoms with Crippen LogP contribution in [0.5, 0.6) is 0 Å². The van der Waals surface area contributed by atoms with Gasteiger partial charge in [-0.3, -0.25) is 0 Å². The Balaban J connectivity index is -0.000000117. The summed E-state index contributed by atoms with van der Waals surface area (Å²) in [5.74, 6) is 0.833. The Morgan fingerprint density at radius 3 is 0.846 bits per heavy atom. The third kappa shape index (κ3) is 183000. The molecule has 0 amide bonds. The molecule has 0 heterocycles. The van der Waals surface area contributed by atoms with E-state index in [0.29, 0.717) is 0 Å². The number of rotatable bonds is 0. The number of hydrogen-bond acceptors (Lipinski definition) is 2. The lowest BCUT2D eigenvalue weighted by atomic mass is 10.2. The van der Waals surface area contributed by atoms with Crippen molar-refractivity contribution in [2.45, 2.75) is 67.1 Å². The third-order valence-electron chi connectivity index (χ3n) is 0. The highest BCUT2D eigenvalue weighted by Gasteiger charge is 1.97. The van der Waals surface area contributed by atoms with Gasteiger partial charge in [-0.1, -0.05) is 20.8 Å². The van der Waals surface area contributed by atoms with Gasteiger partial charge in [0, 0.05) is 6.10 Å². The van der Waals surface area contributed by atoms with Crippen LogP contribution in [0.25, 0.3) is 0 Å². The van der Waals surface area contributed by atoms with E-state index in [2.05, 4.69) is 20.8 Å². The fourth-order valence-corrected chi connectivity index (χ4v) is 0. The maximum Gasteiger partial charge on any atom is 0.0563 e. The molecule has 0 saturated heterocycles. The predicted octanol–water partition coefficient (Wildman–Crippen LogP) is 2.83. The molecule has 0 aliphatic heterocycles. The molecule has 0 radical (unpaired) electrons. The monoisotopic (exact) mass is 192 g/mol. The fourth-order valence-electron chi connectivity index (χ4n) is 0. The zero-order chi connectivity index (χ0) is 11.7. The second kappa shape index (κ2) is 10.0. The summed E-state index contributed by atoms with van der Waals surface area (Å²) in [6.07, 6.45) is -0.167. The summed E-state index contributed by atoms with van der Waals surface area (Å²) in [6.45, 7) is 15.2. The van der Waals surface area contributed by atoms with Crippen molar-refractivity contribution in [2.75, 3.05) is 0 Å². The summed E-state index contributed by atoms with van der Waals surface area (Å²) < 4.78 is 0. The van der Waals surface area contributed by atoms with Crippen molar-refractivity contribution in [1.82, 2.24) is 0 Å². The molecule has 84 valence electrons. The van der Waals surface area contributed by atoms with Crippen molar-refractivity contribution in [1.29, 1.82) is 0 Å². The number of hydrogen-bond donors (Lipinski definition) is 2. The van der Waals surface area contributed by atoms with Crippen molar-refractivity contribution in [3.8, 4) is 0 Å². The number of aliphatic hydroxyl groups is 2. The second-order valence-electron chi connectivity index (χ2n) is 5.00. The summed E-state index contributed by atoms with van der Waals surface area (Å²) >= 11 is 0. The highest BCUT2D eigenvalue weighted by Crippen LogP contribution is 1.93. The first-order valence-corrected chi connectivity index (χ1v) is 4.87. The van der Waals surface area contributed by atoms with Crippen molar-refractivity contribution in [3.05, 3.63) is 0 Å². The molecule has 0 spiro atoms. The van der Waals surface area contributed by atoms with Gasteiger partial charge in [-0.25, -0.2) is 0 Å². The van der Waals surface area contributed by atoms with Crippen LogP contribution < -0.4 is 0 Å². The average molecular weight is 192 g/mol. The molecule has 0 aromatic rings. The van der Waals surface area contributed by atoms with Gasteiger partial charge in [-0.15, -0.1) is 0 Å². The lowest BCUT2D eigenvalue weighted by Gasteiger charge is -2.04. The third-order valence-corrected chi connectivity index (χ3v) is 0. The summed E-state index contributed by atoms with van der Waals surface area (Å²) in [5, 5.41) is 16.6. The van der Waals surface area contributed by atoms with Gasteiger partial charge in [0.25, 0.3) is 0 Å². The highest BCUT2D eigenvalue weighted by atomic mass is 16.3. The molecular formula is C11H28O2. The molecule has 0 aromatic heterocycles. The summed E-state index contributed by atoms with van der Waals surface area (Å²) in [7, 11) is 0. The van der Waals surface area contributed by atoms with E-state index in [1.807, 2.05) is 0 Å². The smallest absolute Gasteiger partial charge is 0.0563 e. The van der Waals surface area contributed by atoms with Gasteiger partial charge in [0.1, 0.15) is 0 Å². The van der Waals surface area contributed by atoms with Crippen molar-refractivity contribution >= 4 is 0 Å². The molecule has 0 fully saturated rings. The predicted molar refractivity (Wildman–Crippen MR) is 59.8 cm³/mol. The Bertz CT molecular complexity index is 63.1. The maximum absolute atomic E-state index is 8.52. The zero-order valence-corrected chi connectivity index (χ0v) is 10.5. The van der Waals surface area contributed by atoms with Crippen LogP contribution in [0.15, 0.2) is 0 Å². The minimum absolute atomic E-state index is 0.167. The van der Waals surface area contributed by atoms with E-state index in [9.17, 15) is 0 Å². The molecule has 13 heavy (non-hydrogen) atoms. The first-order valence-electron chi connectivity index (χ1n) is 4.87. The summed E-state index contributed by atoms with van der Waals surface area (Å²) in [4.78, 5) is 0. The SMILES string of the molecule is CC(C)(C)O.CC(C)C.CC(C)O. The lowest BCUT2D eigenvalue weighted by Crippen LogP contribution is -2.10. The minimum Gasteiger partial charge on any atom is -0.394 e. The molecule has 2 N–H and O–H groups in total. The molecule has 0 saturated carbocycles. The van der Waals surface area contributed by atoms with Gasteiger partial charge in [-0.2, -0.15) is 0 Å². The van der Waals surface area contributed by atoms with Crippen LogP contribution in [0, 0.1) is 5.92 Å². The van der Waals surface area contributed by atoms with Gasteiger partial charge in [0.15, 0.2) is 0 Å². The first kappa shape index (κ1) is 18.7. The van der Waals surface area contributed by atoms with Crippen LogP contribution in [0.2, 0.25) is 0 Å². The Hall–Kier alpha value is -0.0800. The summed E-state index contributed by atoms with van der Waals surface area (Å²) in [5.41, 5.74) is -0.500. The normalized spacial score (nSPS) is 10.2. The highest BCUT2D eigenvalue weighted by molar-refractivity contribution is 4.50. The Morgan fingerprint density at radius 2 is 0.846 bits per heavy atom. The Labute approximate surface area is 84.0 Å². The molecule has 0 bridgehead atoms. The van der Waals surface area contributed by atoms with E-state index >= 15 is 0 Å². The first-order chi connectivity index (χ1) is 5.46. The van der Waals surface area contributed by atoms with Gasteiger partial charge >= 0.3 is 0 Å². The molecule has 2 nitrogen and oxygen atoms in total. The van der Waals surface area contributed by atoms with Gasteiger partial charge < -0.3 is 10.2 Å². The van der Waals surface area contributed by atoms with Gasteiger partial charge in [0.2, 0.25) is 0 Å². The van der Waals surface area contributed by atoms with Crippen LogP contribution >= 0.6 is 0 Å². The maximum atomic E-state index is 8.52. The second-order valence-corrected chi connectivity index (χ2v) is 5.00. The van der Waals surface area contributed by atoms with E-state index in [0.717, 1.165) is 5.92 Å². The van der Waals surface area contributed by atoms with Gasteiger partial charge in [-0.05, 0) is 40.5 Å². The van der Waals surface area contributed by atoms with Crippen LogP contribution in [0.1, 0.15) is 55.4 Å².